The number of hydrogen-bond acceptors (Lipinski definition) is 2. The van der Waals surface area contributed by atoms with Crippen LogP contribution in [0.3, 0.4) is 0 Å². The number of nitrogens with zero attached hydrogens (tertiary/aromatic N) is 1. The Morgan fingerprint density at radius 1 is 1.14 bits per heavy atom. The van der Waals surface area contributed by atoms with Gasteiger partial charge >= 0.3 is 6.18 Å². The van der Waals surface area contributed by atoms with Crippen molar-refractivity contribution in [1.82, 2.24) is 4.90 Å². The van der Waals surface area contributed by atoms with Crippen LogP contribution in [0.5, 0.6) is 0 Å². The van der Waals surface area contributed by atoms with E-state index in [1.165, 1.54) is 23.1 Å². The molecular formula is C20H17ClF4N2O2. The van der Waals surface area contributed by atoms with E-state index in [0.717, 1.165) is 24.3 Å². The van der Waals surface area contributed by atoms with Crippen LogP contribution in [0.2, 0.25) is 5.02 Å². The first-order valence-corrected chi connectivity index (χ1v) is 9.25. The lowest BCUT2D eigenvalue weighted by molar-refractivity contribution is -0.137. The highest BCUT2D eigenvalue weighted by Crippen LogP contribution is 2.30. The zero-order chi connectivity index (χ0) is 21.2. The zero-order valence-electron chi connectivity index (χ0n) is 15.1. The number of nitrogens with one attached hydrogen (secondary N) is 1. The Labute approximate surface area is 169 Å². The summed E-state index contributed by atoms with van der Waals surface area (Å²) in [5.41, 5.74) is -0.734. The van der Waals surface area contributed by atoms with Crippen LogP contribution in [0.1, 0.15) is 28.8 Å². The molecule has 2 aromatic carbocycles. The van der Waals surface area contributed by atoms with E-state index in [4.69, 9.17) is 11.6 Å². The maximum absolute atomic E-state index is 13.1. The highest BCUT2D eigenvalue weighted by atomic mass is 35.5. The van der Waals surface area contributed by atoms with Gasteiger partial charge in [0.25, 0.3) is 5.91 Å². The quantitative estimate of drug-likeness (QED) is 0.700. The van der Waals surface area contributed by atoms with Gasteiger partial charge in [0.1, 0.15) is 5.82 Å². The molecule has 1 aliphatic rings. The maximum atomic E-state index is 13.1. The molecule has 154 valence electrons. The van der Waals surface area contributed by atoms with Crippen LogP contribution in [0.25, 0.3) is 0 Å². The second-order valence-corrected chi connectivity index (χ2v) is 7.19. The highest BCUT2D eigenvalue weighted by Gasteiger charge is 2.33. The summed E-state index contributed by atoms with van der Waals surface area (Å²) in [6.45, 7) is 0.413. The van der Waals surface area contributed by atoms with Crippen LogP contribution in [0.4, 0.5) is 23.2 Å². The third-order valence-electron chi connectivity index (χ3n) is 4.71. The van der Waals surface area contributed by atoms with E-state index in [2.05, 4.69) is 5.32 Å². The van der Waals surface area contributed by atoms with Gasteiger partial charge in [0.05, 0.1) is 22.2 Å². The average molecular weight is 429 g/mol. The van der Waals surface area contributed by atoms with E-state index >= 15 is 0 Å². The summed E-state index contributed by atoms with van der Waals surface area (Å²) in [4.78, 5) is 26.6. The summed E-state index contributed by atoms with van der Waals surface area (Å²) in [5, 5.41) is 2.66. The second-order valence-electron chi connectivity index (χ2n) is 6.78. The van der Waals surface area contributed by atoms with Gasteiger partial charge in [-0.1, -0.05) is 17.7 Å². The highest BCUT2D eigenvalue weighted by molar-refractivity contribution is 6.33. The summed E-state index contributed by atoms with van der Waals surface area (Å²) >= 11 is 5.91. The van der Waals surface area contributed by atoms with E-state index in [1.807, 2.05) is 0 Å². The van der Waals surface area contributed by atoms with E-state index in [1.54, 1.807) is 0 Å². The lowest BCUT2D eigenvalue weighted by atomic mass is 9.96. The van der Waals surface area contributed by atoms with E-state index < -0.39 is 29.4 Å². The van der Waals surface area contributed by atoms with Crippen LogP contribution in [-0.2, 0) is 11.0 Å². The number of amides is 2. The molecule has 1 atom stereocenters. The van der Waals surface area contributed by atoms with Gasteiger partial charge in [-0.15, -0.1) is 0 Å². The van der Waals surface area contributed by atoms with Gasteiger partial charge in [0.2, 0.25) is 5.91 Å². The summed E-state index contributed by atoms with van der Waals surface area (Å²) in [7, 11) is 0. The molecule has 1 heterocycles. The molecule has 2 aromatic rings. The van der Waals surface area contributed by atoms with Gasteiger partial charge in [-0.05, 0) is 49.2 Å². The molecule has 3 rings (SSSR count). The molecule has 0 bridgehead atoms. The largest absolute Gasteiger partial charge is 0.416 e. The molecule has 0 aromatic heterocycles. The minimum Gasteiger partial charge on any atom is -0.338 e. The molecule has 29 heavy (non-hydrogen) atoms. The number of carbonyl (C=O) groups excluding carboxylic acids is 2. The molecular weight excluding hydrogens is 412 g/mol. The molecule has 1 fully saturated rings. The summed E-state index contributed by atoms with van der Waals surface area (Å²) in [5.74, 6) is -2.04. The number of piperidine rings is 1. The van der Waals surface area contributed by atoms with Crippen LogP contribution in [0.15, 0.2) is 42.5 Å². The lowest BCUT2D eigenvalue weighted by Crippen LogP contribution is -2.43. The average Bonchev–Trinajstić information content (AvgIpc) is 2.69. The monoisotopic (exact) mass is 428 g/mol. The minimum atomic E-state index is -4.55. The maximum Gasteiger partial charge on any atom is 0.416 e. The first kappa shape index (κ1) is 21.1. The molecule has 9 heteroatoms. The Bertz CT molecular complexity index is 933. The van der Waals surface area contributed by atoms with E-state index in [-0.39, 0.29) is 28.7 Å². The van der Waals surface area contributed by atoms with Crippen molar-refractivity contribution in [1.29, 1.82) is 0 Å². The fraction of sp³-hybridized carbons (Fsp3) is 0.300. The van der Waals surface area contributed by atoms with Crippen LogP contribution in [0, 0.1) is 11.7 Å². The van der Waals surface area contributed by atoms with Crippen LogP contribution < -0.4 is 5.32 Å². The molecule has 0 spiro atoms. The fourth-order valence-electron chi connectivity index (χ4n) is 3.21. The van der Waals surface area contributed by atoms with Crippen molar-refractivity contribution < 1.29 is 27.2 Å². The molecule has 1 saturated heterocycles. The zero-order valence-corrected chi connectivity index (χ0v) is 15.9. The number of alkyl halides is 3. The van der Waals surface area contributed by atoms with Crippen molar-refractivity contribution in [3.63, 3.8) is 0 Å². The third-order valence-corrected chi connectivity index (χ3v) is 5.02. The number of carbonyl (C=O) groups is 2. The Kier molecular flexibility index (Phi) is 6.12. The Balaban J connectivity index is 1.70. The first-order valence-electron chi connectivity index (χ1n) is 8.87. The molecule has 2 amide bonds. The van der Waals surface area contributed by atoms with Crippen molar-refractivity contribution in [3.05, 3.63) is 64.4 Å². The normalized spacial score (nSPS) is 17.1. The Morgan fingerprint density at radius 3 is 2.59 bits per heavy atom. The number of anilines is 1. The van der Waals surface area contributed by atoms with Crippen LogP contribution >= 0.6 is 11.6 Å². The predicted molar refractivity (Wildman–Crippen MR) is 100 cm³/mol. The number of benzene rings is 2. The number of hydrogen-bond donors (Lipinski definition) is 1. The molecule has 0 radical (unpaired) electrons. The van der Waals surface area contributed by atoms with Crippen molar-refractivity contribution in [2.24, 2.45) is 5.92 Å². The number of likely N-dealkylation sites (tertiary alicyclic amines) is 1. The number of halogens is 5. The molecule has 4 nitrogen and oxygen atoms in total. The van der Waals surface area contributed by atoms with Crippen molar-refractivity contribution >= 4 is 29.1 Å². The topological polar surface area (TPSA) is 49.4 Å². The van der Waals surface area contributed by atoms with Crippen molar-refractivity contribution in [2.45, 2.75) is 19.0 Å². The van der Waals surface area contributed by atoms with E-state index in [9.17, 15) is 27.2 Å². The van der Waals surface area contributed by atoms with Crippen molar-refractivity contribution in [2.75, 3.05) is 18.4 Å². The number of rotatable bonds is 3. The van der Waals surface area contributed by atoms with Gasteiger partial charge < -0.3 is 10.2 Å². The molecule has 0 unspecified atom stereocenters. The van der Waals surface area contributed by atoms with Crippen molar-refractivity contribution in [3.8, 4) is 0 Å². The Hall–Kier alpha value is -2.61. The van der Waals surface area contributed by atoms with E-state index in [0.29, 0.717) is 19.4 Å². The minimum absolute atomic E-state index is 0.0473. The lowest BCUT2D eigenvalue weighted by Gasteiger charge is -2.32. The fourth-order valence-corrected chi connectivity index (χ4v) is 3.43. The molecule has 1 N–H and O–H groups in total. The molecule has 1 aliphatic heterocycles. The van der Waals surface area contributed by atoms with Gasteiger partial charge in [0, 0.05) is 18.7 Å². The summed E-state index contributed by atoms with van der Waals surface area (Å²) in [6.07, 6.45) is -3.51. The first-order chi connectivity index (χ1) is 13.6. The summed E-state index contributed by atoms with van der Waals surface area (Å²) in [6, 6.07) is 7.78. The second kappa shape index (κ2) is 8.41. The van der Waals surface area contributed by atoms with Crippen LogP contribution in [-0.4, -0.2) is 29.8 Å². The SMILES string of the molecule is O=C(Nc1ccc(F)cc1Cl)[C@@H]1CCCN(C(=O)c2cccc(C(F)(F)F)c2)C1. The standard InChI is InChI=1S/C20H17ClF4N2O2/c21-16-10-15(22)6-7-17(16)26-18(28)13-4-2-8-27(11-13)19(29)12-3-1-5-14(9-12)20(23,24)25/h1,3,5-7,9-10,13H,2,4,8,11H2,(H,26,28)/t13-/m1/s1. The third kappa shape index (κ3) is 5.06. The van der Waals surface area contributed by atoms with Gasteiger partial charge in [-0.25, -0.2) is 4.39 Å². The summed E-state index contributed by atoms with van der Waals surface area (Å²) < 4.78 is 51.8. The molecule has 0 aliphatic carbocycles. The van der Waals surface area contributed by atoms with Gasteiger partial charge in [-0.3, -0.25) is 9.59 Å². The molecule has 0 saturated carbocycles. The smallest absolute Gasteiger partial charge is 0.338 e. The predicted octanol–water partition coefficient (Wildman–Crippen LogP) is 4.99. The van der Waals surface area contributed by atoms with Gasteiger partial charge in [0.15, 0.2) is 0 Å². The Morgan fingerprint density at radius 2 is 1.90 bits per heavy atom. The van der Waals surface area contributed by atoms with Gasteiger partial charge in [-0.2, -0.15) is 13.2 Å².